The predicted molar refractivity (Wildman–Crippen MR) is 94.9 cm³/mol. The van der Waals surface area contributed by atoms with Crippen molar-refractivity contribution in [3.05, 3.63) is 64.2 Å². The van der Waals surface area contributed by atoms with Gasteiger partial charge in [-0.2, -0.15) is 13.2 Å². The molecule has 2 N–H and O–H groups in total. The van der Waals surface area contributed by atoms with Crippen LogP contribution in [-0.2, 0) is 5.60 Å². The summed E-state index contributed by atoms with van der Waals surface area (Å²) in [4.78, 5) is 14.6. The number of halogens is 3. The van der Waals surface area contributed by atoms with Crippen LogP contribution in [0.1, 0.15) is 17.9 Å². The number of aromatic nitrogens is 1. The molecule has 0 radical (unpaired) electrons. The Labute approximate surface area is 157 Å². The minimum Gasteiger partial charge on any atom is -0.463 e. The highest BCUT2D eigenvalue weighted by atomic mass is 19.4. The molecule has 28 heavy (non-hydrogen) atoms. The van der Waals surface area contributed by atoms with Crippen molar-refractivity contribution in [2.75, 3.05) is 11.9 Å². The standard InChI is InChI=1S/C18H16F3N3O4/c1-11-4-7-15(28-11)17(25,18(19,20)21)8-10-22-13-5-6-14(24(26)27)12-3-2-9-23-16(12)13/h2-7,9,22,25H,8,10H2,1H3. The zero-order valence-electron chi connectivity index (χ0n) is 14.7. The molecule has 0 fully saturated rings. The van der Waals surface area contributed by atoms with E-state index in [0.29, 0.717) is 5.69 Å². The van der Waals surface area contributed by atoms with Gasteiger partial charge in [-0.05, 0) is 37.3 Å². The van der Waals surface area contributed by atoms with Gasteiger partial charge in [-0.15, -0.1) is 0 Å². The number of nitro benzene ring substituents is 1. The normalized spacial score (nSPS) is 14.0. The monoisotopic (exact) mass is 395 g/mol. The number of benzene rings is 1. The van der Waals surface area contributed by atoms with Crippen molar-refractivity contribution in [2.24, 2.45) is 0 Å². The second-order valence-electron chi connectivity index (χ2n) is 6.23. The number of nitrogens with one attached hydrogen (secondary N) is 1. The summed E-state index contributed by atoms with van der Waals surface area (Å²) in [6.07, 6.45) is -4.25. The van der Waals surface area contributed by atoms with Crippen molar-refractivity contribution in [1.82, 2.24) is 4.98 Å². The summed E-state index contributed by atoms with van der Waals surface area (Å²) >= 11 is 0. The maximum absolute atomic E-state index is 13.5. The molecule has 1 atom stereocenters. The van der Waals surface area contributed by atoms with E-state index in [1.165, 1.54) is 43.5 Å². The Hall–Kier alpha value is -3.14. The first-order valence-corrected chi connectivity index (χ1v) is 8.25. The first kappa shape index (κ1) is 19.6. The van der Waals surface area contributed by atoms with Gasteiger partial charge in [0, 0.05) is 25.2 Å². The Kier molecular flexibility index (Phi) is 4.99. The number of hydrogen-bond acceptors (Lipinski definition) is 6. The number of nitrogens with zero attached hydrogens (tertiary/aromatic N) is 2. The van der Waals surface area contributed by atoms with Gasteiger partial charge in [-0.1, -0.05) is 0 Å². The van der Waals surface area contributed by atoms with Crippen LogP contribution in [0.4, 0.5) is 24.5 Å². The zero-order chi connectivity index (χ0) is 20.5. The van der Waals surface area contributed by atoms with Crippen molar-refractivity contribution in [2.45, 2.75) is 25.1 Å². The van der Waals surface area contributed by atoms with Gasteiger partial charge >= 0.3 is 6.18 Å². The number of aliphatic hydroxyl groups is 1. The molecule has 2 aromatic heterocycles. The van der Waals surface area contributed by atoms with Gasteiger partial charge in [0.1, 0.15) is 17.0 Å². The number of aryl methyl sites for hydroxylation is 1. The van der Waals surface area contributed by atoms with Gasteiger partial charge in [-0.3, -0.25) is 15.1 Å². The Morgan fingerprint density at radius 3 is 2.61 bits per heavy atom. The summed E-state index contributed by atoms with van der Waals surface area (Å²) in [7, 11) is 0. The van der Waals surface area contributed by atoms with Crippen LogP contribution in [-0.4, -0.2) is 27.7 Å². The van der Waals surface area contributed by atoms with E-state index in [1.807, 2.05) is 0 Å². The molecule has 0 aliphatic rings. The third-order valence-electron chi connectivity index (χ3n) is 4.36. The van der Waals surface area contributed by atoms with E-state index < -0.39 is 28.9 Å². The lowest BCUT2D eigenvalue weighted by Crippen LogP contribution is -2.43. The molecule has 1 unspecified atom stereocenters. The van der Waals surface area contributed by atoms with Gasteiger partial charge in [0.2, 0.25) is 5.60 Å². The van der Waals surface area contributed by atoms with Gasteiger partial charge in [0.05, 0.1) is 16.0 Å². The summed E-state index contributed by atoms with van der Waals surface area (Å²) in [5.41, 5.74) is -2.76. The van der Waals surface area contributed by atoms with E-state index in [0.717, 1.165) is 6.07 Å². The number of alkyl halides is 3. The summed E-state index contributed by atoms with van der Waals surface area (Å²) in [5.74, 6) is -0.345. The lowest BCUT2D eigenvalue weighted by molar-refractivity contribution is -0.383. The van der Waals surface area contributed by atoms with Gasteiger partial charge in [-0.25, -0.2) is 0 Å². The molecule has 0 saturated carbocycles. The molecule has 3 aromatic rings. The number of nitro groups is 1. The average molecular weight is 395 g/mol. The van der Waals surface area contributed by atoms with Gasteiger partial charge in [0.25, 0.3) is 5.69 Å². The molecular formula is C18H16F3N3O4. The molecule has 7 nitrogen and oxygen atoms in total. The SMILES string of the molecule is Cc1ccc(C(O)(CCNc2ccc([N+](=O)[O-])c3cccnc23)C(F)(F)F)o1. The molecule has 1 aromatic carbocycles. The molecule has 0 bridgehead atoms. The Bertz CT molecular complexity index is 1020. The van der Waals surface area contributed by atoms with E-state index in [1.54, 1.807) is 0 Å². The fourth-order valence-electron chi connectivity index (χ4n) is 2.90. The molecule has 2 heterocycles. The third-order valence-corrected chi connectivity index (χ3v) is 4.36. The second kappa shape index (κ2) is 7.12. The minimum absolute atomic E-state index is 0.161. The average Bonchev–Trinajstić information content (AvgIpc) is 3.07. The first-order valence-electron chi connectivity index (χ1n) is 8.25. The Balaban J connectivity index is 1.86. The fourth-order valence-corrected chi connectivity index (χ4v) is 2.90. The third kappa shape index (κ3) is 3.50. The molecular weight excluding hydrogens is 379 g/mol. The summed E-state index contributed by atoms with van der Waals surface area (Å²) in [6, 6.07) is 8.08. The van der Waals surface area contributed by atoms with Crippen LogP contribution in [0.3, 0.4) is 0 Å². The number of rotatable bonds is 6. The topological polar surface area (TPSA) is 101 Å². The van der Waals surface area contributed by atoms with Crippen LogP contribution >= 0.6 is 0 Å². The number of pyridine rings is 1. The summed E-state index contributed by atoms with van der Waals surface area (Å²) in [6.45, 7) is 1.20. The molecule has 148 valence electrons. The Morgan fingerprint density at radius 2 is 2.00 bits per heavy atom. The van der Waals surface area contributed by atoms with E-state index in [4.69, 9.17) is 4.42 Å². The molecule has 0 amide bonds. The second-order valence-corrected chi connectivity index (χ2v) is 6.23. The molecule has 3 rings (SSSR count). The van der Waals surface area contributed by atoms with E-state index in [9.17, 15) is 28.4 Å². The van der Waals surface area contributed by atoms with Crippen LogP contribution in [0.5, 0.6) is 0 Å². The number of anilines is 1. The fraction of sp³-hybridized carbons (Fsp3) is 0.278. The smallest absolute Gasteiger partial charge is 0.424 e. The van der Waals surface area contributed by atoms with Crippen molar-refractivity contribution in [3.8, 4) is 0 Å². The van der Waals surface area contributed by atoms with Crippen LogP contribution in [0.2, 0.25) is 0 Å². The number of fused-ring (bicyclic) bond motifs is 1. The van der Waals surface area contributed by atoms with E-state index in [2.05, 4.69) is 10.3 Å². The van der Waals surface area contributed by atoms with Gasteiger partial charge < -0.3 is 14.8 Å². The highest BCUT2D eigenvalue weighted by Crippen LogP contribution is 2.42. The highest BCUT2D eigenvalue weighted by Gasteiger charge is 2.56. The van der Waals surface area contributed by atoms with Crippen molar-refractivity contribution in [1.29, 1.82) is 0 Å². The Morgan fingerprint density at radius 1 is 1.25 bits per heavy atom. The molecule has 0 saturated heterocycles. The van der Waals surface area contributed by atoms with E-state index >= 15 is 0 Å². The number of hydrogen-bond donors (Lipinski definition) is 2. The molecule has 0 aliphatic heterocycles. The summed E-state index contributed by atoms with van der Waals surface area (Å²) in [5, 5.41) is 24.4. The number of non-ortho nitro benzene ring substituents is 1. The van der Waals surface area contributed by atoms with Crippen LogP contribution in [0, 0.1) is 17.0 Å². The maximum Gasteiger partial charge on any atom is 0.424 e. The predicted octanol–water partition coefficient (Wildman–Crippen LogP) is 4.30. The largest absolute Gasteiger partial charge is 0.463 e. The zero-order valence-corrected chi connectivity index (χ0v) is 14.7. The van der Waals surface area contributed by atoms with Crippen molar-refractivity contribution in [3.63, 3.8) is 0 Å². The van der Waals surface area contributed by atoms with Gasteiger partial charge in [0.15, 0.2) is 0 Å². The van der Waals surface area contributed by atoms with Crippen LogP contribution in [0.15, 0.2) is 47.0 Å². The lowest BCUT2D eigenvalue weighted by Gasteiger charge is -2.28. The van der Waals surface area contributed by atoms with Crippen molar-refractivity contribution >= 4 is 22.3 Å². The van der Waals surface area contributed by atoms with E-state index in [-0.39, 0.29) is 28.9 Å². The maximum atomic E-state index is 13.5. The quantitative estimate of drug-likeness (QED) is 0.477. The molecule has 10 heteroatoms. The molecule has 0 spiro atoms. The first-order chi connectivity index (χ1) is 13.1. The minimum atomic E-state index is -4.95. The lowest BCUT2D eigenvalue weighted by atomic mass is 9.95. The van der Waals surface area contributed by atoms with Crippen LogP contribution in [0.25, 0.3) is 10.9 Å². The number of furan rings is 1. The van der Waals surface area contributed by atoms with Crippen LogP contribution < -0.4 is 5.32 Å². The highest BCUT2D eigenvalue weighted by molar-refractivity contribution is 5.96. The van der Waals surface area contributed by atoms with Crippen molar-refractivity contribution < 1.29 is 27.6 Å². The summed E-state index contributed by atoms with van der Waals surface area (Å²) < 4.78 is 45.5. The molecule has 0 aliphatic carbocycles.